The summed E-state index contributed by atoms with van der Waals surface area (Å²) in [6.45, 7) is 9.35. The van der Waals surface area contributed by atoms with Crippen molar-refractivity contribution in [1.82, 2.24) is 0 Å². The Labute approximate surface area is 187 Å². The van der Waals surface area contributed by atoms with Crippen LogP contribution in [-0.4, -0.2) is 0 Å². The van der Waals surface area contributed by atoms with Crippen molar-refractivity contribution in [2.24, 2.45) is 11.8 Å². The van der Waals surface area contributed by atoms with Gasteiger partial charge in [-0.05, 0) is 18.3 Å². The molecule has 2 atom stereocenters. The van der Waals surface area contributed by atoms with Crippen LogP contribution in [0.2, 0.25) is 0 Å². The van der Waals surface area contributed by atoms with Crippen LogP contribution in [0.4, 0.5) is 0 Å². The van der Waals surface area contributed by atoms with Gasteiger partial charge in [0.25, 0.3) is 0 Å². The van der Waals surface area contributed by atoms with Crippen LogP contribution in [0.1, 0.15) is 169 Å². The third-order valence-corrected chi connectivity index (χ3v) is 6.74. The average molecular weight is 408 g/mol. The summed E-state index contributed by atoms with van der Waals surface area (Å²) in [6.07, 6.45) is 34.5. The Morgan fingerprint density at radius 3 is 1.00 bits per heavy atom. The molecule has 2 unspecified atom stereocenters. The zero-order chi connectivity index (χ0) is 21.4. The number of hydrogen-bond acceptors (Lipinski definition) is 0. The topological polar surface area (TPSA) is 0 Å². The molecule has 1 radical (unpaired) electrons. The van der Waals surface area contributed by atoms with E-state index >= 15 is 0 Å². The van der Waals surface area contributed by atoms with Crippen molar-refractivity contribution in [3.05, 3.63) is 6.42 Å². The fourth-order valence-electron chi connectivity index (χ4n) is 4.81. The van der Waals surface area contributed by atoms with Gasteiger partial charge in [0, 0.05) is 0 Å². The highest BCUT2D eigenvalue weighted by molar-refractivity contribution is 4.84. The molecule has 0 bridgehead atoms. The normalized spacial score (nSPS) is 13.7. The van der Waals surface area contributed by atoms with Crippen molar-refractivity contribution >= 4 is 0 Å². The molecule has 0 aromatic rings. The quantitative estimate of drug-likeness (QED) is 0.139. The lowest BCUT2D eigenvalue weighted by Crippen LogP contribution is -2.11. The Morgan fingerprint density at radius 1 is 0.345 bits per heavy atom. The Hall–Kier alpha value is 0. The number of hydrogen-bond donors (Lipinski definition) is 0. The van der Waals surface area contributed by atoms with Crippen molar-refractivity contribution in [1.29, 1.82) is 0 Å². The Kier molecular flexibility index (Phi) is 24.3. The summed E-state index contributed by atoms with van der Waals surface area (Å²) in [5.74, 6) is 1.80. The van der Waals surface area contributed by atoms with E-state index in [1.54, 1.807) is 0 Å². The Morgan fingerprint density at radius 2 is 0.655 bits per heavy atom. The van der Waals surface area contributed by atoms with Crippen LogP contribution in [0, 0.1) is 18.3 Å². The van der Waals surface area contributed by atoms with Gasteiger partial charge in [0.2, 0.25) is 0 Å². The van der Waals surface area contributed by atoms with Crippen molar-refractivity contribution in [3.8, 4) is 0 Å². The second kappa shape index (κ2) is 24.3. The Bertz CT molecular complexity index is 282. The van der Waals surface area contributed by atoms with E-state index in [9.17, 15) is 0 Å². The van der Waals surface area contributed by atoms with Gasteiger partial charge in [-0.3, -0.25) is 0 Å². The molecule has 0 heterocycles. The fourth-order valence-corrected chi connectivity index (χ4v) is 4.81. The molecule has 0 aliphatic rings. The second-order valence-electron chi connectivity index (χ2n) is 9.82. The molecule has 0 saturated carbocycles. The maximum atomic E-state index is 2.85. The van der Waals surface area contributed by atoms with E-state index < -0.39 is 0 Å². The highest BCUT2D eigenvalue weighted by Crippen LogP contribution is 2.29. The maximum absolute atomic E-state index is 2.85. The summed E-state index contributed by atoms with van der Waals surface area (Å²) in [4.78, 5) is 0. The van der Waals surface area contributed by atoms with Crippen LogP contribution in [-0.2, 0) is 0 Å². The summed E-state index contributed by atoms with van der Waals surface area (Å²) in [6, 6.07) is 0. The highest BCUT2D eigenvalue weighted by atomic mass is 14.2. The lowest BCUT2D eigenvalue weighted by Gasteiger charge is -2.23. The van der Waals surface area contributed by atoms with Crippen molar-refractivity contribution in [3.63, 3.8) is 0 Å². The number of unbranched alkanes of at least 4 members (excludes halogenated alkanes) is 14. The molecule has 0 aromatic heterocycles. The van der Waals surface area contributed by atoms with E-state index in [4.69, 9.17) is 0 Å². The van der Waals surface area contributed by atoms with Crippen LogP contribution in [0.3, 0.4) is 0 Å². The second-order valence-corrected chi connectivity index (χ2v) is 9.82. The smallest absolute Gasteiger partial charge is 0.0324 e. The van der Waals surface area contributed by atoms with Crippen LogP contribution >= 0.6 is 0 Å². The van der Waals surface area contributed by atoms with Crippen LogP contribution in [0.5, 0.6) is 0 Å². The van der Waals surface area contributed by atoms with Gasteiger partial charge < -0.3 is 0 Å². The molecule has 0 amide bonds. The minimum absolute atomic E-state index is 0.895. The molecule has 0 N–H and O–H groups in total. The zero-order valence-electron chi connectivity index (χ0n) is 21.3. The van der Waals surface area contributed by atoms with E-state index in [1.807, 2.05) is 0 Å². The third kappa shape index (κ3) is 21.0. The van der Waals surface area contributed by atoms with E-state index in [-0.39, 0.29) is 0 Å². The predicted molar refractivity (Wildman–Crippen MR) is 136 cm³/mol. The largest absolute Gasteiger partial charge is 0.0654 e. The molecule has 0 aliphatic heterocycles. The van der Waals surface area contributed by atoms with E-state index in [2.05, 4.69) is 34.1 Å². The molecule has 0 spiro atoms. The van der Waals surface area contributed by atoms with Crippen molar-refractivity contribution in [2.45, 2.75) is 169 Å². The summed E-state index contributed by atoms with van der Waals surface area (Å²) < 4.78 is 0. The third-order valence-electron chi connectivity index (χ3n) is 6.74. The van der Waals surface area contributed by atoms with Crippen LogP contribution < -0.4 is 0 Å². The van der Waals surface area contributed by atoms with Gasteiger partial charge >= 0.3 is 0 Å². The van der Waals surface area contributed by atoms with Gasteiger partial charge in [0.1, 0.15) is 0 Å². The van der Waals surface area contributed by atoms with Crippen LogP contribution in [0.15, 0.2) is 0 Å². The molecular weight excluding hydrogens is 348 g/mol. The molecule has 0 rings (SSSR count). The van der Waals surface area contributed by atoms with Gasteiger partial charge in [-0.1, -0.05) is 169 Å². The first-order chi connectivity index (χ1) is 14.3. The van der Waals surface area contributed by atoms with Gasteiger partial charge in [-0.2, -0.15) is 0 Å². The van der Waals surface area contributed by atoms with Gasteiger partial charge in [0.05, 0.1) is 0 Å². The molecule has 175 valence electrons. The lowest BCUT2D eigenvalue weighted by atomic mass is 9.82. The maximum Gasteiger partial charge on any atom is -0.0324 e. The molecule has 0 heteroatoms. The summed E-state index contributed by atoms with van der Waals surface area (Å²) in [5.41, 5.74) is 0. The van der Waals surface area contributed by atoms with E-state index in [0.717, 1.165) is 11.8 Å². The average Bonchev–Trinajstić information content (AvgIpc) is 2.72. The predicted octanol–water partition coefficient (Wildman–Crippen LogP) is 11.1. The van der Waals surface area contributed by atoms with Gasteiger partial charge in [-0.25, -0.2) is 0 Å². The zero-order valence-corrected chi connectivity index (χ0v) is 21.3. The summed E-state index contributed by atoms with van der Waals surface area (Å²) >= 11 is 0. The van der Waals surface area contributed by atoms with Crippen LogP contribution in [0.25, 0.3) is 0 Å². The summed E-state index contributed by atoms with van der Waals surface area (Å²) in [5, 5.41) is 0. The first-order valence-corrected chi connectivity index (χ1v) is 14.1. The van der Waals surface area contributed by atoms with Crippen molar-refractivity contribution < 1.29 is 0 Å². The summed E-state index contributed by atoms with van der Waals surface area (Å²) in [7, 11) is 0. The monoisotopic (exact) mass is 407 g/mol. The first-order valence-electron chi connectivity index (χ1n) is 14.1. The molecule has 29 heavy (non-hydrogen) atoms. The lowest BCUT2D eigenvalue weighted by molar-refractivity contribution is 0.371. The molecule has 0 saturated heterocycles. The highest BCUT2D eigenvalue weighted by Gasteiger charge is 2.16. The first kappa shape index (κ1) is 29.0. The molecule has 0 nitrogen and oxygen atoms in total. The fraction of sp³-hybridized carbons (Fsp3) is 0.966. The van der Waals surface area contributed by atoms with Gasteiger partial charge in [0.15, 0.2) is 0 Å². The van der Waals surface area contributed by atoms with E-state index in [1.165, 1.54) is 141 Å². The number of rotatable bonds is 24. The molecule has 0 aromatic carbocycles. The minimum Gasteiger partial charge on any atom is -0.0654 e. The Balaban J connectivity index is 4.26. The molecule has 0 fully saturated rings. The molecular formula is C29H59. The minimum atomic E-state index is 0.895. The molecule has 0 aliphatic carbocycles. The SMILES string of the molecule is CCCCCCCCC([CH]C(CCCCCCC)CCCCCCCC)CCC. The van der Waals surface area contributed by atoms with Crippen molar-refractivity contribution in [2.75, 3.05) is 0 Å². The van der Waals surface area contributed by atoms with E-state index in [0.29, 0.717) is 0 Å². The van der Waals surface area contributed by atoms with Gasteiger partial charge in [-0.15, -0.1) is 0 Å². The standard InChI is InChI=1S/C29H59/c1-5-9-12-15-18-21-24-28(23-8-4)27-29(25-20-17-14-11-7-3)26-22-19-16-13-10-6-2/h27-29H,5-26H2,1-4H3.